The van der Waals surface area contributed by atoms with E-state index in [0.717, 1.165) is 23.3 Å². The lowest BCUT2D eigenvalue weighted by molar-refractivity contribution is -0.0311. The van der Waals surface area contributed by atoms with Crippen molar-refractivity contribution in [2.24, 2.45) is 0 Å². The van der Waals surface area contributed by atoms with Crippen LogP contribution in [0.4, 0.5) is 0 Å². The third-order valence-corrected chi connectivity index (χ3v) is 3.58. The summed E-state index contributed by atoms with van der Waals surface area (Å²) in [6, 6.07) is 5.95. The van der Waals surface area contributed by atoms with Gasteiger partial charge in [-0.3, -0.25) is 0 Å². The van der Waals surface area contributed by atoms with Crippen molar-refractivity contribution >= 4 is 0 Å². The van der Waals surface area contributed by atoms with Gasteiger partial charge in [0.05, 0.1) is 11.7 Å². The summed E-state index contributed by atoms with van der Waals surface area (Å²) < 4.78 is 11.4. The summed E-state index contributed by atoms with van der Waals surface area (Å²) in [5.74, 6) is 0.802. The van der Waals surface area contributed by atoms with Gasteiger partial charge < -0.3 is 14.6 Å². The van der Waals surface area contributed by atoms with Crippen LogP contribution in [-0.4, -0.2) is 23.9 Å². The fourth-order valence-corrected chi connectivity index (χ4v) is 2.40. The van der Waals surface area contributed by atoms with Gasteiger partial charge in [-0.25, -0.2) is 0 Å². The molecule has 1 N–H and O–H groups in total. The van der Waals surface area contributed by atoms with Crippen molar-refractivity contribution in [1.82, 2.24) is 0 Å². The van der Waals surface area contributed by atoms with Crippen molar-refractivity contribution < 1.29 is 14.6 Å². The van der Waals surface area contributed by atoms with Crippen LogP contribution >= 0.6 is 0 Å². The van der Waals surface area contributed by atoms with E-state index in [1.54, 1.807) is 7.11 Å². The fourth-order valence-electron chi connectivity index (χ4n) is 2.40. The van der Waals surface area contributed by atoms with Gasteiger partial charge in [0.2, 0.25) is 0 Å². The molecule has 3 nitrogen and oxygen atoms in total. The lowest BCUT2D eigenvalue weighted by Gasteiger charge is -2.34. The maximum atomic E-state index is 10.2. The standard InChI is InChI=1S/C15H22O3/c1-10-5-6-14-12(7-10)13(16)8-11(18-14)9-15(2,3)17-4/h5-7,11,13,16H,8-9H2,1-4H3/t11?,13-/m0/s1. The van der Waals surface area contributed by atoms with E-state index >= 15 is 0 Å². The highest BCUT2D eigenvalue weighted by atomic mass is 16.5. The second-order valence-corrected chi connectivity index (χ2v) is 5.70. The normalized spacial score (nSPS) is 23.4. The summed E-state index contributed by atoms with van der Waals surface area (Å²) in [6.45, 7) is 6.09. The second-order valence-electron chi connectivity index (χ2n) is 5.70. The van der Waals surface area contributed by atoms with Crippen LogP contribution in [0.5, 0.6) is 5.75 Å². The molecule has 1 aromatic carbocycles. The average molecular weight is 250 g/mol. The topological polar surface area (TPSA) is 38.7 Å². The van der Waals surface area contributed by atoms with Crippen LogP contribution in [0.2, 0.25) is 0 Å². The number of benzene rings is 1. The van der Waals surface area contributed by atoms with Crippen LogP contribution in [0.3, 0.4) is 0 Å². The highest BCUT2D eigenvalue weighted by molar-refractivity contribution is 5.40. The molecule has 1 aliphatic rings. The van der Waals surface area contributed by atoms with Crippen molar-refractivity contribution in [3.05, 3.63) is 29.3 Å². The van der Waals surface area contributed by atoms with Gasteiger partial charge in [-0.2, -0.15) is 0 Å². The first-order valence-electron chi connectivity index (χ1n) is 6.42. The summed E-state index contributed by atoms with van der Waals surface area (Å²) in [5.41, 5.74) is 1.82. The molecular weight excluding hydrogens is 228 g/mol. The number of hydrogen-bond acceptors (Lipinski definition) is 3. The minimum atomic E-state index is -0.439. The largest absolute Gasteiger partial charge is 0.490 e. The first kappa shape index (κ1) is 13.4. The van der Waals surface area contributed by atoms with E-state index in [2.05, 4.69) is 0 Å². The van der Waals surface area contributed by atoms with Crippen molar-refractivity contribution in [3.63, 3.8) is 0 Å². The van der Waals surface area contributed by atoms with E-state index in [0.29, 0.717) is 6.42 Å². The van der Waals surface area contributed by atoms with Crippen molar-refractivity contribution in [3.8, 4) is 5.75 Å². The smallest absolute Gasteiger partial charge is 0.125 e. The first-order valence-corrected chi connectivity index (χ1v) is 6.42. The molecule has 0 bridgehead atoms. The number of hydrogen-bond donors (Lipinski definition) is 1. The number of aryl methyl sites for hydroxylation is 1. The molecule has 2 rings (SSSR count). The van der Waals surface area contributed by atoms with Crippen molar-refractivity contribution in [2.75, 3.05) is 7.11 Å². The Kier molecular flexibility index (Phi) is 3.64. The van der Waals surface area contributed by atoms with Gasteiger partial charge >= 0.3 is 0 Å². The fraction of sp³-hybridized carbons (Fsp3) is 0.600. The Bertz CT molecular complexity index is 426. The summed E-state index contributed by atoms with van der Waals surface area (Å²) in [4.78, 5) is 0. The maximum absolute atomic E-state index is 10.2. The van der Waals surface area contributed by atoms with E-state index in [1.807, 2.05) is 39.0 Å². The molecule has 18 heavy (non-hydrogen) atoms. The molecule has 0 fully saturated rings. The zero-order valence-corrected chi connectivity index (χ0v) is 11.6. The highest BCUT2D eigenvalue weighted by Crippen LogP contribution is 2.37. The van der Waals surface area contributed by atoms with Gasteiger partial charge in [-0.05, 0) is 32.9 Å². The summed E-state index contributed by atoms with van der Waals surface area (Å²) in [6.07, 6.45) is 0.966. The van der Waals surface area contributed by atoms with Crippen LogP contribution in [0.15, 0.2) is 18.2 Å². The van der Waals surface area contributed by atoms with Crippen LogP contribution in [0.1, 0.15) is 43.9 Å². The Morgan fingerprint density at radius 2 is 2.17 bits per heavy atom. The average Bonchev–Trinajstić information content (AvgIpc) is 2.30. The molecule has 1 heterocycles. The monoisotopic (exact) mass is 250 g/mol. The number of ether oxygens (including phenoxy) is 2. The van der Waals surface area contributed by atoms with Gasteiger partial charge in [0.1, 0.15) is 11.9 Å². The van der Waals surface area contributed by atoms with E-state index in [4.69, 9.17) is 9.47 Å². The van der Waals surface area contributed by atoms with E-state index in [-0.39, 0.29) is 11.7 Å². The minimum absolute atomic E-state index is 0.00477. The molecule has 0 saturated carbocycles. The molecule has 0 radical (unpaired) electrons. The summed E-state index contributed by atoms with van der Waals surface area (Å²) in [7, 11) is 1.70. The molecule has 3 heteroatoms. The third-order valence-electron chi connectivity index (χ3n) is 3.58. The van der Waals surface area contributed by atoms with E-state index in [9.17, 15) is 5.11 Å². The molecule has 1 unspecified atom stereocenters. The van der Waals surface area contributed by atoms with Gasteiger partial charge in [0.25, 0.3) is 0 Å². The van der Waals surface area contributed by atoms with Crippen LogP contribution < -0.4 is 4.74 Å². The van der Waals surface area contributed by atoms with Gasteiger partial charge in [-0.1, -0.05) is 11.6 Å². The van der Waals surface area contributed by atoms with Crippen LogP contribution in [0.25, 0.3) is 0 Å². The lowest BCUT2D eigenvalue weighted by atomic mass is 9.91. The Hall–Kier alpha value is -1.06. The summed E-state index contributed by atoms with van der Waals surface area (Å²) >= 11 is 0. The van der Waals surface area contributed by atoms with E-state index < -0.39 is 6.10 Å². The second kappa shape index (κ2) is 4.90. The quantitative estimate of drug-likeness (QED) is 0.896. The highest BCUT2D eigenvalue weighted by Gasteiger charge is 2.31. The molecule has 100 valence electrons. The zero-order valence-electron chi connectivity index (χ0n) is 11.6. The Morgan fingerprint density at radius 3 is 2.83 bits per heavy atom. The van der Waals surface area contributed by atoms with Crippen molar-refractivity contribution in [2.45, 2.75) is 51.4 Å². The molecule has 0 spiro atoms. The number of aliphatic hydroxyl groups is 1. The zero-order chi connectivity index (χ0) is 13.3. The number of fused-ring (bicyclic) bond motifs is 1. The van der Waals surface area contributed by atoms with Gasteiger partial charge in [0, 0.05) is 25.5 Å². The molecule has 0 saturated heterocycles. The Labute approximate surface area is 109 Å². The maximum Gasteiger partial charge on any atom is 0.125 e. The molecule has 0 aromatic heterocycles. The predicted octanol–water partition coefficient (Wildman–Crippen LogP) is 2.99. The number of aliphatic hydroxyl groups excluding tert-OH is 1. The molecule has 2 atom stereocenters. The lowest BCUT2D eigenvalue weighted by Crippen LogP contribution is -2.35. The van der Waals surface area contributed by atoms with Gasteiger partial charge in [-0.15, -0.1) is 0 Å². The Balaban J connectivity index is 2.16. The SMILES string of the molecule is COC(C)(C)CC1C[C@H](O)c2cc(C)ccc2O1. The minimum Gasteiger partial charge on any atom is -0.490 e. The Morgan fingerprint density at radius 1 is 1.44 bits per heavy atom. The predicted molar refractivity (Wildman–Crippen MR) is 70.9 cm³/mol. The molecule has 0 aliphatic carbocycles. The first-order chi connectivity index (χ1) is 8.41. The van der Waals surface area contributed by atoms with E-state index in [1.165, 1.54) is 0 Å². The van der Waals surface area contributed by atoms with Crippen LogP contribution in [-0.2, 0) is 4.74 Å². The third kappa shape index (κ3) is 2.85. The molecule has 0 amide bonds. The number of methoxy groups -OCH3 is 1. The number of rotatable bonds is 3. The molecule has 1 aliphatic heterocycles. The van der Waals surface area contributed by atoms with Gasteiger partial charge in [0.15, 0.2) is 0 Å². The van der Waals surface area contributed by atoms with Crippen molar-refractivity contribution in [1.29, 1.82) is 0 Å². The molecular formula is C15H22O3. The summed E-state index contributed by atoms with van der Waals surface area (Å²) in [5, 5.41) is 10.2. The molecule has 1 aromatic rings. The van der Waals surface area contributed by atoms with Crippen LogP contribution in [0, 0.1) is 6.92 Å².